The van der Waals surface area contributed by atoms with Crippen LogP contribution in [-0.4, -0.2) is 38.6 Å². The number of hydrogen-bond acceptors (Lipinski definition) is 4. The van der Waals surface area contributed by atoms with E-state index >= 15 is 0 Å². The first kappa shape index (κ1) is 19.9. The van der Waals surface area contributed by atoms with Gasteiger partial charge in [-0.25, -0.2) is 0 Å². The number of nitrogens with one attached hydrogen (secondary N) is 1. The number of halogens is 1. The van der Waals surface area contributed by atoms with Gasteiger partial charge in [0.15, 0.2) is 0 Å². The molecule has 0 bridgehead atoms. The second kappa shape index (κ2) is 8.42. The number of hydrogen-bond donors (Lipinski definition) is 1. The Hall–Kier alpha value is -1.89. The lowest BCUT2D eigenvalue weighted by molar-refractivity contribution is 0.0945. The van der Waals surface area contributed by atoms with Crippen molar-refractivity contribution in [2.24, 2.45) is 0 Å². The molecular weight excluding hydrogens is 424 g/mol. The van der Waals surface area contributed by atoms with Crippen LogP contribution in [0.25, 0.3) is 10.1 Å². The van der Waals surface area contributed by atoms with Gasteiger partial charge in [-0.15, -0.1) is 11.3 Å². The van der Waals surface area contributed by atoms with Gasteiger partial charge in [0, 0.05) is 21.3 Å². The second-order valence-corrected chi connectivity index (χ2v) is 8.60. The van der Waals surface area contributed by atoms with Crippen LogP contribution in [0, 0.1) is 6.92 Å². The van der Waals surface area contributed by atoms with E-state index in [1.165, 1.54) is 11.3 Å². The molecule has 1 atom stereocenters. The average molecular weight is 447 g/mol. The monoisotopic (exact) mass is 446 g/mol. The minimum absolute atomic E-state index is 0.0222. The number of aryl methyl sites for hydroxylation is 1. The van der Waals surface area contributed by atoms with Gasteiger partial charge in [-0.1, -0.05) is 34.1 Å². The number of likely N-dealkylation sites (N-methyl/N-ethyl adjacent to an activating group) is 1. The van der Waals surface area contributed by atoms with E-state index in [1.54, 1.807) is 7.11 Å². The van der Waals surface area contributed by atoms with Crippen molar-refractivity contribution in [2.45, 2.75) is 13.0 Å². The van der Waals surface area contributed by atoms with E-state index in [2.05, 4.69) is 32.2 Å². The van der Waals surface area contributed by atoms with Gasteiger partial charge in [0.05, 0.1) is 18.0 Å². The fourth-order valence-corrected chi connectivity index (χ4v) is 4.66. The smallest absolute Gasteiger partial charge is 0.261 e. The van der Waals surface area contributed by atoms with Gasteiger partial charge >= 0.3 is 0 Å². The SMILES string of the molecule is COc1ccccc1[C@@H](CNC(=O)c1sc2ccc(Br)cc2c1C)N(C)C. The van der Waals surface area contributed by atoms with Crippen LogP contribution in [0.1, 0.15) is 26.8 Å². The normalized spacial score (nSPS) is 12.4. The van der Waals surface area contributed by atoms with Crippen molar-refractivity contribution < 1.29 is 9.53 Å². The van der Waals surface area contributed by atoms with Gasteiger partial charge in [-0.05, 0) is 56.2 Å². The van der Waals surface area contributed by atoms with Crippen LogP contribution in [0.2, 0.25) is 0 Å². The maximum atomic E-state index is 12.9. The number of carbonyl (C=O) groups is 1. The Labute approximate surface area is 172 Å². The molecule has 3 rings (SSSR count). The number of nitrogens with zero attached hydrogens (tertiary/aromatic N) is 1. The van der Waals surface area contributed by atoms with Gasteiger partial charge in [-0.3, -0.25) is 4.79 Å². The predicted molar refractivity (Wildman–Crippen MR) is 116 cm³/mol. The zero-order valence-electron chi connectivity index (χ0n) is 15.9. The molecule has 0 saturated heterocycles. The van der Waals surface area contributed by atoms with E-state index in [-0.39, 0.29) is 11.9 Å². The minimum Gasteiger partial charge on any atom is -0.496 e. The van der Waals surface area contributed by atoms with E-state index < -0.39 is 0 Å². The molecular formula is C21H23BrN2O2S. The molecule has 6 heteroatoms. The molecule has 0 spiro atoms. The summed E-state index contributed by atoms with van der Waals surface area (Å²) in [5, 5.41) is 4.23. The van der Waals surface area contributed by atoms with Crippen molar-refractivity contribution in [2.75, 3.05) is 27.7 Å². The Morgan fingerprint density at radius 1 is 1.26 bits per heavy atom. The highest BCUT2D eigenvalue weighted by molar-refractivity contribution is 9.10. The Kier molecular flexibility index (Phi) is 6.19. The molecule has 0 aliphatic carbocycles. The molecule has 0 saturated carbocycles. The Bertz CT molecular complexity index is 968. The first-order chi connectivity index (χ1) is 12.9. The fourth-order valence-electron chi connectivity index (χ4n) is 3.19. The number of fused-ring (bicyclic) bond motifs is 1. The lowest BCUT2D eigenvalue weighted by atomic mass is 10.0. The highest BCUT2D eigenvalue weighted by Gasteiger charge is 2.21. The van der Waals surface area contributed by atoms with Crippen LogP contribution < -0.4 is 10.1 Å². The molecule has 1 aromatic heterocycles. The Balaban J connectivity index is 1.82. The second-order valence-electron chi connectivity index (χ2n) is 6.63. The number of rotatable bonds is 6. The van der Waals surface area contributed by atoms with Gasteiger partial charge in [-0.2, -0.15) is 0 Å². The number of methoxy groups -OCH3 is 1. The molecule has 0 unspecified atom stereocenters. The summed E-state index contributed by atoms with van der Waals surface area (Å²) in [4.78, 5) is 15.7. The average Bonchev–Trinajstić information content (AvgIpc) is 2.98. The summed E-state index contributed by atoms with van der Waals surface area (Å²) < 4.78 is 7.64. The topological polar surface area (TPSA) is 41.6 Å². The van der Waals surface area contributed by atoms with E-state index in [9.17, 15) is 4.79 Å². The van der Waals surface area contributed by atoms with Gasteiger partial charge < -0.3 is 15.0 Å². The number of benzene rings is 2. The van der Waals surface area contributed by atoms with Crippen LogP contribution in [0.3, 0.4) is 0 Å². The number of ether oxygens (including phenoxy) is 1. The molecule has 1 N–H and O–H groups in total. The number of carbonyl (C=O) groups excluding carboxylic acids is 1. The minimum atomic E-state index is -0.0356. The Morgan fingerprint density at radius 2 is 2.00 bits per heavy atom. The van der Waals surface area contributed by atoms with E-state index in [4.69, 9.17) is 4.74 Å². The summed E-state index contributed by atoms with van der Waals surface area (Å²) in [7, 11) is 5.68. The van der Waals surface area contributed by atoms with E-state index in [1.807, 2.05) is 57.4 Å². The zero-order chi connectivity index (χ0) is 19.6. The number of amides is 1. The third-order valence-corrected chi connectivity index (χ3v) is 6.45. The Morgan fingerprint density at radius 3 is 2.70 bits per heavy atom. The first-order valence-corrected chi connectivity index (χ1v) is 10.3. The van der Waals surface area contributed by atoms with Crippen molar-refractivity contribution in [3.8, 4) is 5.75 Å². The van der Waals surface area contributed by atoms with Crippen molar-refractivity contribution in [1.29, 1.82) is 0 Å². The van der Waals surface area contributed by atoms with Crippen molar-refractivity contribution in [3.63, 3.8) is 0 Å². The van der Waals surface area contributed by atoms with Gasteiger partial charge in [0.25, 0.3) is 5.91 Å². The maximum absolute atomic E-state index is 12.9. The summed E-state index contributed by atoms with van der Waals surface area (Å²) in [6.45, 7) is 2.51. The van der Waals surface area contributed by atoms with Crippen LogP contribution >= 0.6 is 27.3 Å². The molecule has 4 nitrogen and oxygen atoms in total. The predicted octanol–water partition coefficient (Wildman–Crippen LogP) is 5.01. The van der Waals surface area contributed by atoms with Crippen molar-refractivity contribution in [1.82, 2.24) is 10.2 Å². The molecule has 0 radical (unpaired) electrons. The summed E-state index contributed by atoms with van der Waals surface area (Å²) in [6.07, 6.45) is 0. The molecule has 0 aliphatic rings. The molecule has 3 aromatic rings. The maximum Gasteiger partial charge on any atom is 0.261 e. The highest BCUT2D eigenvalue weighted by Crippen LogP contribution is 2.33. The molecule has 0 fully saturated rings. The van der Waals surface area contributed by atoms with Crippen LogP contribution in [0.4, 0.5) is 0 Å². The summed E-state index contributed by atoms with van der Waals surface area (Å²) in [6, 6.07) is 14.1. The van der Waals surface area contributed by atoms with Crippen molar-refractivity contribution in [3.05, 3.63) is 62.9 Å². The van der Waals surface area contributed by atoms with Crippen LogP contribution in [0.15, 0.2) is 46.9 Å². The quantitative estimate of drug-likeness (QED) is 0.578. The largest absolute Gasteiger partial charge is 0.496 e. The third kappa shape index (κ3) is 4.18. The summed E-state index contributed by atoms with van der Waals surface area (Å²) >= 11 is 5.04. The molecule has 27 heavy (non-hydrogen) atoms. The summed E-state index contributed by atoms with van der Waals surface area (Å²) in [5.41, 5.74) is 2.08. The lowest BCUT2D eigenvalue weighted by Crippen LogP contribution is -2.34. The lowest BCUT2D eigenvalue weighted by Gasteiger charge is -2.26. The van der Waals surface area contributed by atoms with E-state index in [0.717, 1.165) is 36.3 Å². The van der Waals surface area contributed by atoms with E-state index in [0.29, 0.717) is 6.54 Å². The number of para-hydroxylation sites is 1. The highest BCUT2D eigenvalue weighted by atomic mass is 79.9. The number of thiophene rings is 1. The molecule has 0 aliphatic heterocycles. The molecule has 2 aromatic carbocycles. The summed E-state index contributed by atoms with van der Waals surface area (Å²) in [5.74, 6) is 0.792. The van der Waals surface area contributed by atoms with Crippen LogP contribution in [-0.2, 0) is 0 Å². The standard InChI is InChI=1S/C21H23BrN2O2S/c1-13-16-11-14(22)9-10-19(16)27-20(13)21(25)23-12-17(24(2)3)15-7-5-6-8-18(15)26-4/h5-11,17H,12H2,1-4H3,(H,23,25)/t17-/m1/s1. The van der Waals surface area contributed by atoms with Gasteiger partial charge in [0.2, 0.25) is 0 Å². The molecule has 1 heterocycles. The first-order valence-electron chi connectivity index (χ1n) is 8.68. The molecule has 142 valence electrons. The fraction of sp³-hybridized carbons (Fsp3) is 0.286. The van der Waals surface area contributed by atoms with Crippen LogP contribution in [0.5, 0.6) is 5.75 Å². The molecule has 1 amide bonds. The third-order valence-electron chi connectivity index (χ3n) is 4.68. The van der Waals surface area contributed by atoms with Crippen molar-refractivity contribution >= 4 is 43.3 Å². The zero-order valence-corrected chi connectivity index (χ0v) is 18.3. The van der Waals surface area contributed by atoms with Gasteiger partial charge in [0.1, 0.15) is 5.75 Å².